The van der Waals surface area contributed by atoms with Gasteiger partial charge in [-0.1, -0.05) is 18.2 Å². The van der Waals surface area contributed by atoms with Gasteiger partial charge in [-0.2, -0.15) is 5.10 Å². The lowest BCUT2D eigenvalue weighted by Gasteiger charge is -2.36. The van der Waals surface area contributed by atoms with Crippen LogP contribution < -0.4 is 9.80 Å². The van der Waals surface area contributed by atoms with Gasteiger partial charge in [0.25, 0.3) is 0 Å². The van der Waals surface area contributed by atoms with Gasteiger partial charge in [0.15, 0.2) is 0 Å². The lowest BCUT2D eigenvalue weighted by molar-refractivity contribution is 0.640. The Morgan fingerprint density at radius 2 is 1.64 bits per heavy atom. The molecule has 3 heterocycles. The Balaban J connectivity index is 1.50. The molecule has 2 aromatic heterocycles. The van der Waals surface area contributed by atoms with E-state index in [1.54, 1.807) is 0 Å². The van der Waals surface area contributed by atoms with Crippen molar-refractivity contribution in [1.82, 2.24) is 19.7 Å². The third kappa shape index (κ3) is 3.20. The number of anilines is 2. The van der Waals surface area contributed by atoms with E-state index < -0.39 is 0 Å². The molecule has 0 aliphatic carbocycles. The molecule has 0 amide bonds. The van der Waals surface area contributed by atoms with Crippen LogP contribution in [0.3, 0.4) is 0 Å². The van der Waals surface area contributed by atoms with E-state index in [-0.39, 0.29) is 0 Å². The summed E-state index contributed by atoms with van der Waals surface area (Å²) in [6, 6.07) is 12.5. The van der Waals surface area contributed by atoms with Crippen molar-refractivity contribution in [3.05, 3.63) is 54.5 Å². The third-order valence-electron chi connectivity index (χ3n) is 4.62. The summed E-state index contributed by atoms with van der Waals surface area (Å²) in [5.74, 6) is 0.800. The lowest BCUT2D eigenvalue weighted by atomic mass is 10.2. The fourth-order valence-electron chi connectivity index (χ4n) is 3.31. The second kappa shape index (κ2) is 6.55. The number of nitrogens with zero attached hydrogens (tertiary/aromatic N) is 6. The van der Waals surface area contributed by atoms with Crippen molar-refractivity contribution in [3.63, 3.8) is 0 Å². The zero-order valence-corrected chi connectivity index (χ0v) is 14.6. The molecule has 0 unspecified atom stereocenters. The van der Waals surface area contributed by atoms with Crippen LogP contribution in [-0.2, 0) is 7.05 Å². The first kappa shape index (κ1) is 15.6. The molecule has 25 heavy (non-hydrogen) atoms. The highest BCUT2D eigenvalue weighted by atomic mass is 15.3. The van der Waals surface area contributed by atoms with Gasteiger partial charge in [-0.15, -0.1) is 0 Å². The topological polar surface area (TPSA) is 50.1 Å². The number of aryl methyl sites for hydroxylation is 2. The largest absolute Gasteiger partial charge is 0.368 e. The molecule has 0 bridgehead atoms. The normalized spacial score (nSPS) is 14.8. The Morgan fingerprint density at radius 1 is 0.920 bits per heavy atom. The van der Waals surface area contributed by atoms with Crippen LogP contribution in [0.5, 0.6) is 0 Å². The van der Waals surface area contributed by atoms with Crippen molar-refractivity contribution in [1.29, 1.82) is 0 Å². The molecule has 128 valence electrons. The first-order valence-electron chi connectivity index (χ1n) is 8.59. The van der Waals surface area contributed by atoms with E-state index in [0.717, 1.165) is 49.1 Å². The molecule has 4 rings (SSSR count). The first-order valence-corrected chi connectivity index (χ1v) is 8.59. The fraction of sp³-hybridized carbons (Fsp3) is 0.316. The Hall–Kier alpha value is -2.89. The van der Waals surface area contributed by atoms with Gasteiger partial charge in [-0.3, -0.25) is 4.68 Å². The number of hydrogen-bond donors (Lipinski definition) is 0. The number of benzene rings is 1. The van der Waals surface area contributed by atoms with E-state index in [1.165, 1.54) is 5.69 Å². The summed E-state index contributed by atoms with van der Waals surface area (Å²) < 4.78 is 1.82. The quantitative estimate of drug-likeness (QED) is 0.737. The highest BCUT2D eigenvalue weighted by Gasteiger charge is 2.20. The van der Waals surface area contributed by atoms with Gasteiger partial charge in [0.05, 0.1) is 11.4 Å². The summed E-state index contributed by atoms with van der Waals surface area (Å²) in [4.78, 5) is 13.9. The van der Waals surface area contributed by atoms with Crippen LogP contribution in [-0.4, -0.2) is 45.9 Å². The summed E-state index contributed by atoms with van der Waals surface area (Å²) in [7, 11) is 1.93. The van der Waals surface area contributed by atoms with Crippen molar-refractivity contribution < 1.29 is 0 Å². The minimum absolute atomic E-state index is 0.800. The highest BCUT2D eigenvalue weighted by Crippen LogP contribution is 2.23. The maximum Gasteiger partial charge on any atom is 0.225 e. The molecule has 0 atom stereocenters. The second-order valence-corrected chi connectivity index (χ2v) is 6.35. The molecule has 1 fully saturated rings. The lowest BCUT2D eigenvalue weighted by Crippen LogP contribution is -2.47. The fourth-order valence-corrected chi connectivity index (χ4v) is 3.31. The molecule has 0 saturated carbocycles. The maximum absolute atomic E-state index is 4.78. The molecule has 1 saturated heterocycles. The number of rotatable bonds is 3. The van der Waals surface area contributed by atoms with E-state index in [4.69, 9.17) is 4.98 Å². The summed E-state index contributed by atoms with van der Waals surface area (Å²) >= 11 is 0. The van der Waals surface area contributed by atoms with Crippen LogP contribution in [0.4, 0.5) is 11.6 Å². The van der Waals surface area contributed by atoms with Gasteiger partial charge in [0, 0.05) is 56.9 Å². The van der Waals surface area contributed by atoms with Crippen LogP contribution in [0, 0.1) is 6.92 Å². The minimum Gasteiger partial charge on any atom is -0.368 e. The zero-order valence-electron chi connectivity index (χ0n) is 14.6. The van der Waals surface area contributed by atoms with Gasteiger partial charge < -0.3 is 9.80 Å². The highest BCUT2D eigenvalue weighted by molar-refractivity contribution is 5.62. The van der Waals surface area contributed by atoms with E-state index in [2.05, 4.69) is 50.2 Å². The Kier molecular flexibility index (Phi) is 4.09. The van der Waals surface area contributed by atoms with Crippen molar-refractivity contribution in [2.45, 2.75) is 6.92 Å². The van der Waals surface area contributed by atoms with Gasteiger partial charge in [-0.25, -0.2) is 9.97 Å². The van der Waals surface area contributed by atoms with Crippen molar-refractivity contribution in [2.24, 2.45) is 7.05 Å². The molecule has 1 aromatic carbocycles. The van der Waals surface area contributed by atoms with Crippen LogP contribution in [0.15, 0.2) is 48.8 Å². The summed E-state index contributed by atoms with van der Waals surface area (Å²) in [5.41, 5.74) is 4.26. The van der Waals surface area contributed by atoms with Gasteiger partial charge in [-0.05, 0) is 25.1 Å². The van der Waals surface area contributed by atoms with Crippen molar-refractivity contribution in [3.8, 4) is 11.3 Å². The molecule has 6 heteroatoms. The number of hydrogen-bond acceptors (Lipinski definition) is 5. The predicted octanol–water partition coefficient (Wildman–Crippen LogP) is 2.51. The Labute approximate surface area is 147 Å². The average Bonchev–Trinajstić information content (AvgIpc) is 3.01. The van der Waals surface area contributed by atoms with E-state index in [9.17, 15) is 0 Å². The SMILES string of the molecule is Cc1nn(C)cc1-c1ccnc(N2CCN(c3ccccc3)CC2)n1. The van der Waals surface area contributed by atoms with Gasteiger partial charge >= 0.3 is 0 Å². The maximum atomic E-state index is 4.78. The number of para-hydroxylation sites is 1. The first-order chi connectivity index (χ1) is 12.2. The van der Waals surface area contributed by atoms with Crippen LogP contribution in [0.1, 0.15) is 5.69 Å². The zero-order chi connectivity index (χ0) is 17.2. The van der Waals surface area contributed by atoms with E-state index >= 15 is 0 Å². The number of piperazine rings is 1. The van der Waals surface area contributed by atoms with E-state index in [1.807, 2.05) is 37.1 Å². The standard InChI is InChI=1S/C19H22N6/c1-15-17(14-23(2)22-15)18-8-9-20-19(21-18)25-12-10-24(11-13-25)16-6-4-3-5-7-16/h3-9,14H,10-13H2,1-2H3. The molecule has 1 aliphatic heterocycles. The van der Waals surface area contributed by atoms with Crippen LogP contribution >= 0.6 is 0 Å². The molecule has 0 radical (unpaired) electrons. The number of aromatic nitrogens is 4. The Bertz CT molecular complexity index is 849. The molecule has 0 N–H and O–H groups in total. The predicted molar refractivity (Wildman–Crippen MR) is 99.8 cm³/mol. The van der Waals surface area contributed by atoms with Crippen LogP contribution in [0.25, 0.3) is 11.3 Å². The molecular formula is C19H22N6. The molecule has 1 aliphatic rings. The monoisotopic (exact) mass is 334 g/mol. The van der Waals surface area contributed by atoms with Crippen LogP contribution in [0.2, 0.25) is 0 Å². The molecule has 0 spiro atoms. The molecule has 3 aromatic rings. The van der Waals surface area contributed by atoms with Gasteiger partial charge in [0.2, 0.25) is 5.95 Å². The van der Waals surface area contributed by atoms with Crippen molar-refractivity contribution >= 4 is 11.6 Å². The Morgan fingerprint density at radius 3 is 2.32 bits per heavy atom. The van der Waals surface area contributed by atoms with Crippen molar-refractivity contribution in [2.75, 3.05) is 36.0 Å². The van der Waals surface area contributed by atoms with Gasteiger partial charge in [0.1, 0.15) is 0 Å². The summed E-state index contributed by atoms with van der Waals surface area (Å²) in [6.45, 7) is 5.80. The third-order valence-corrected chi connectivity index (χ3v) is 4.62. The smallest absolute Gasteiger partial charge is 0.225 e. The molecule has 6 nitrogen and oxygen atoms in total. The minimum atomic E-state index is 0.800. The van der Waals surface area contributed by atoms with E-state index in [0.29, 0.717) is 0 Å². The molecular weight excluding hydrogens is 312 g/mol. The average molecular weight is 334 g/mol. The summed E-state index contributed by atoms with van der Waals surface area (Å²) in [6.07, 6.45) is 3.85. The summed E-state index contributed by atoms with van der Waals surface area (Å²) in [5, 5.41) is 4.41. The second-order valence-electron chi connectivity index (χ2n) is 6.35.